The van der Waals surface area contributed by atoms with Crippen LogP contribution in [0, 0.1) is 13.8 Å². The van der Waals surface area contributed by atoms with E-state index in [2.05, 4.69) is 31.2 Å². The monoisotopic (exact) mass is 356 g/mol. The summed E-state index contributed by atoms with van der Waals surface area (Å²) in [5.74, 6) is -0.868. The molecule has 0 aromatic heterocycles. The van der Waals surface area contributed by atoms with E-state index in [0.29, 0.717) is 19.4 Å². The number of hydrogen-bond acceptors (Lipinski definition) is 3. The number of rotatable bonds is 7. The molecule has 0 unspecified atom stereocenters. The maximum Gasteiger partial charge on any atom is 0.305 e. The standard InChI is InChI=1S/C12H16O2.C10H12O2/c1-3-12(13)14-9-8-11-6-4-10(2)5-7-11;1-8-2-4-9(5-3-8)6-7-10(11)12/h4-7H,3,8-9H2,1-2H3;2-5H,6-7H2,1H3,(H,11,12). The van der Waals surface area contributed by atoms with Crippen LogP contribution in [0.5, 0.6) is 0 Å². The van der Waals surface area contributed by atoms with Crippen LogP contribution in [0.3, 0.4) is 0 Å². The third-order valence-electron chi connectivity index (χ3n) is 3.81. The topological polar surface area (TPSA) is 63.6 Å². The predicted molar refractivity (Wildman–Crippen MR) is 103 cm³/mol. The van der Waals surface area contributed by atoms with Gasteiger partial charge in [0, 0.05) is 19.3 Å². The van der Waals surface area contributed by atoms with E-state index in [1.807, 2.05) is 31.2 Å². The fourth-order valence-corrected chi connectivity index (χ4v) is 2.15. The Hall–Kier alpha value is -2.62. The van der Waals surface area contributed by atoms with Crippen LogP contribution >= 0.6 is 0 Å². The molecule has 26 heavy (non-hydrogen) atoms. The van der Waals surface area contributed by atoms with Gasteiger partial charge in [0.2, 0.25) is 0 Å². The Balaban J connectivity index is 0.000000263. The SMILES string of the molecule is CCC(=O)OCCc1ccc(C)cc1.Cc1ccc(CCC(=O)O)cc1. The fourth-order valence-electron chi connectivity index (χ4n) is 2.15. The van der Waals surface area contributed by atoms with Crippen LogP contribution in [-0.2, 0) is 27.2 Å². The average Bonchev–Trinajstić information content (AvgIpc) is 2.63. The molecule has 0 aliphatic carbocycles. The zero-order chi connectivity index (χ0) is 19.4. The number of aliphatic carboxylic acids is 1. The van der Waals surface area contributed by atoms with Crippen molar-refractivity contribution >= 4 is 11.9 Å². The molecule has 0 radical (unpaired) electrons. The molecule has 0 aliphatic rings. The summed E-state index contributed by atoms with van der Waals surface area (Å²) < 4.78 is 4.99. The molecule has 1 N–H and O–H groups in total. The lowest BCUT2D eigenvalue weighted by Crippen LogP contribution is -2.05. The number of carboxylic acids is 1. The number of carbonyl (C=O) groups is 2. The second-order valence-electron chi connectivity index (χ2n) is 6.19. The predicted octanol–water partition coefficient (Wildman–Crippen LogP) is 4.50. The van der Waals surface area contributed by atoms with Gasteiger partial charge in [-0.3, -0.25) is 9.59 Å². The van der Waals surface area contributed by atoms with Crippen LogP contribution in [0.15, 0.2) is 48.5 Å². The van der Waals surface area contributed by atoms with Gasteiger partial charge >= 0.3 is 11.9 Å². The third-order valence-corrected chi connectivity index (χ3v) is 3.81. The lowest BCUT2D eigenvalue weighted by molar-refractivity contribution is -0.143. The van der Waals surface area contributed by atoms with Crippen molar-refractivity contribution in [2.75, 3.05) is 6.61 Å². The zero-order valence-electron chi connectivity index (χ0n) is 15.8. The number of carbonyl (C=O) groups excluding carboxylic acids is 1. The second kappa shape index (κ2) is 11.9. The van der Waals surface area contributed by atoms with Crippen molar-refractivity contribution in [2.24, 2.45) is 0 Å². The first-order chi connectivity index (χ1) is 12.4. The van der Waals surface area contributed by atoms with Gasteiger partial charge in [-0.2, -0.15) is 0 Å². The third kappa shape index (κ3) is 9.62. The summed E-state index contributed by atoms with van der Waals surface area (Å²) >= 11 is 0. The molecule has 0 saturated heterocycles. The Labute approximate surface area is 155 Å². The summed E-state index contributed by atoms with van der Waals surface area (Å²) in [6.07, 6.45) is 2.08. The van der Waals surface area contributed by atoms with Gasteiger partial charge in [-0.05, 0) is 31.4 Å². The van der Waals surface area contributed by atoms with Crippen molar-refractivity contribution in [3.8, 4) is 0 Å². The van der Waals surface area contributed by atoms with Crippen LogP contribution in [0.4, 0.5) is 0 Å². The number of hydrogen-bond donors (Lipinski definition) is 1. The van der Waals surface area contributed by atoms with E-state index in [4.69, 9.17) is 9.84 Å². The van der Waals surface area contributed by atoms with Gasteiger partial charge in [0.1, 0.15) is 0 Å². The minimum Gasteiger partial charge on any atom is -0.481 e. The molecule has 4 nitrogen and oxygen atoms in total. The van der Waals surface area contributed by atoms with E-state index in [0.717, 1.165) is 12.0 Å². The van der Waals surface area contributed by atoms with E-state index in [1.165, 1.54) is 16.7 Å². The molecule has 0 amide bonds. The highest BCUT2D eigenvalue weighted by atomic mass is 16.5. The molecular weight excluding hydrogens is 328 g/mol. The van der Waals surface area contributed by atoms with Gasteiger partial charge in [0.15, 0.2) is 0 Å². The molecule has 0 saturated carbocycles. The van der Waals surface area contributed by atoms with Crippen LogP contribution in [0.25, 0.3) is 0 Å². The zero-order valence-corrected chi connectivity index (χ0v) is 15.8. The molecular formula is C22H28O4. The normalized spacial score (nSPS) is 9.81. The second-order valence-corrected chi connectivity index (χ2v) is 6.19. The molecule has 140 valence electrons. The lowest BCUT2D eigenvalue weighted by Gasteiger charge is -2.03. The van der Waals surface area contributed by atoms with Crippen LogP contribution in [0.2, 0.25) is 0 Å². The molecule has 2 rings (SSSR count). The number of carboxylic acid groups (broad SMARTS) is 1. The first-order valence-electron chi connectivity index (χ1n) is 8.89. The minimum absolute atomic E-state index is 0.128. The fraction of sp³-hybridized carbons (Fsp3) is 0.364. The number of aryl methyl sites for hydroxylation is 3. The van der Waals surface area contributed by atoms with Crippen molar-refractivity contribution in [3.63, 3.8) is 0 Å². The smallest absolute Gasteiger partial charge is 0.305 e. The maximum absolute atomic E-state index is 10.8. The van der Waals surface area contributed by atoms with Gasteiger partial charge in [-0.1, -0.05) is 66.6 Å². The summed E-state index contributed by atoms with van der Waals surface area (Å²) in [7, 11) is 0. The van der Waals surface area contributed by atoms with Gasteiger partial charge < -0.3 is 9.84 Å². The van der Waals surface area contributed by atoms with Gasteiger partial charge in [0.05, 0.1) is 6.61 Å². The Kier molecular flexibility index (Phi) is 9.77. The maximum atomic E-state index is 10.8. The van der Waals surface area contributed by atoms with Crippen LogP contribution in [-0.4, -0.2) is 23.7 Å². The summed E-state index contributed by atoms with van der Waals surface area (Å²) in [6.45, 7) is 6.35. The number of esters is 1. The van der Waals surface area contributed by atoms with Crippen molar-refractivity contribution in [1.29, 1.82) is 0 Å². The Morgan fingerprint density at radius 3 is 1.73 bits per heavy atom. The first-order valence-corrected chi connectivity index (χ1v) is 8.89. The highest BCUT2D eigenvalue weighted by Gasteiger charge is 1.99. The molecule has 2 aromatic carbocycles. The van der Waals surface area contributed by atoms with Crippen molar-refractivity contribution in [3.05, 3.63) is 70.8 Å². The minimum atomic E-state index is -0.740. The highest BCUT2D eigenvalue weighted by Crippen LogP contribution is 2.05. The Morgan fingerprint density at radius 2 is 1.31 bits per heavy atom. The van der Waals surface area contributed by atoms with E-state index in [9.17, 15) is 9.59 Å². The van der Waals surface area contributed by atoms with Gasteiger partial charge in [-0.25, -0.2) is 0 Å². The number of ether oxygens (including phenoxy) is 1. The van der Waals surface area contributed by atoms with Crippen molar-refractivity contribution < 1.29 is 19.4 Å². The van der Waals surface area contributed by atoms with Crippen molar-refractivity contribution in [2.45, 2.75) is 46.5 Å². The lowest BCUT2D eigenvalue weighted by atomic mass is 10.1. The van der Waals surface area contributed by atoms with E-state index in [-0.39, 0.29) is 12.4 Å². The van der Waals surface area contributed by atoms with Gasteiger partial charge in [0.25, 0.3) is 0 Å². The first kappa shape index (κ1) is 21.4. The number of benzene rings is 2. The molecule has 0 spiro atoms. The summed E-state index contributed by atoms with van der Waals surface area (Å²) in [5.41, 5.74) is 4.75. The van der Waals surface area contributed by atoms with E-state index < -0.39 is 5.97 Å². The quantitative estimate of drug-likeness (QED) is 0.742. The largest absolute Gasteiger partial charge is 0.481 e. The van der Waals surface area contributed by atoms with E-state index >= 15 is 0 Å². The molecule has 2 aromatic rings. The Bertz CT molecular complexity index is 672. The summed E-state index contributed by atoms with van der Waals surface area (Å²) in [4.78, 5) is 21.1. The highest BCUT2D eigenvalue weighted by molar-refractivity contribution is 5.68. The molecule has 4 heteroatoms. The summed E-state index contributed by atoms with van der Waals surface area (Å²) in [5, 5.41) is 8.43. The molecule has 0 atom stereocenters. The van der Waals surface area contributed by atoms with Gasteiger partial charge in [-0.15, -0.1) is 0 Å². The Morgan fingerprint density at radius 1 is 0.846 bits per heavy atom. The average molecular weight is 356 g/mol. The van der Waals surface area contributed by atoms with Crippen molar-refractivity contribution in [1.82, 2.24) is 0 Å². The molecule has 0 heterocycles. The van der Waals surface area contributed by atoms with Crippen LogP contribution in [0.1, 0.15) is 42.0 Å². The molecule has 0 fully saturated rings. The molecule has 0 aliphatic heterocycles. The summed E-state index contributed by atoms with van der Waals surface area (Å²) in [6, 6.07) is 16.2. The van der Waals surface area contributed by atoms with Crippen LogP contribution < -0.4 is 0 Å². The molecule has 0 bridgehead atoms. The van der Waals surface area contributed by atoms with E-state index in [1.54, 1.807) is 6.92 Å².